The molecule has 0 aliphatic carbocycles. The molecule has 0 fully saturated rings. The summed E-state index contributed by atoms with van der Waals surface area (Å²) < 4.78 is 2.26. The smallest absolute Gasteiger partial charge is 0.164 e. The van der Waals surface area contributed by atoms with E-state index >= 15 is 0 Å². The second-order valence-electron chi connectivity index (χ2n) is 33.3. The first kappa shape index (κ1) is 77.0. The second kappa shape index (κ2) is 33.1. The van der Waals surface area contributed by atoms with E-state index in [1.165, 1.54) is 109 Å². The average molecular weight is 1670 g/mol. The van der Waals surface area contributed by atoms with Crippen LogP contribution in [0, 0.1) is 0 Å². The Labute approximate surface area is 755 Å². The van der Waals surface area contributed by atoms with Crippen LogP contribution in [0.1, 0.15) is 0 Å². The van der Waals surface area contributed by atoms with Crippen molar-refractivity contribution in [2.24, 2.45) is 0 Å². The Balaban J connectivity index is 0.000000112. The predicted octanol–water partition coefficient (Wildman–Crippen LogP) is 32.1. The Morgan fingerprint density at radius 2 is 0.542 bits per heavy atom. The van der Waals surface area contributed by atoms with E-state index in [0.717, 1.165) is 122 Å². The second-order valence-corrected chi connectivity index (χ2v) is 33.3. The molecule has 5 heterocycles. The van der Waals surface area contributed by atoms with Gasteiger partial charge in [-0.25, -0.2) is 34.9 Å². The molecule has 0 aliphatic heterocycles. The van der Waals surface area contributed by atoms with E-state index in [2.05, 4.69) is 417 Å². The first-order valence-corrected chi connectivity index (χ1v) is 44.4. The summed E-state index contributed by atoms with van der Waals surface area (Å²) in [5.41, 5.74) is 23.6. The molecule has 8 nitrogen and oxygen atoms in total. The van der Waals surface area contributed by atoms with Gasteiger partial charge in [-0.15, -0.1) is 0 Å². The van der Waals surface area contributed by atoms with Gasteiger partial charge in [0.2, 0.25) is 0 Å². The zero-order valence-corrected chi connectivity index (χ0v) is 71.1. The van der Waals surface area contributed by atoms with Crippen LogP contribution < -0.4 is 0 Å². The normalized spacial score (nSPS) is 11.5. The number of benzene rings is 21. The summed E-state index contributed by atoms with van der Waals surface area (Å²) in [5, 5.41) is 23.0. The van der Waals surface area contributed by atoms with Crippen LogP contribution in [-0.4, -0.2) is 39.5 Å². The van der Waals surface area contributed by atoms with Crippen molar-refractivity contribution >= 4 is 130 Å². The number of hydrogen-bond acceptors (Lipinski definition) is 7. The lowest BCUT2D eigenvalue weighted by atomic mass is 9.84. The maximum atomic E-state index is 5.15. The van der Waals surface area contributed by atoms with E-state index in [4.69, 9.17) is 34.9 Å². The van der Waals surface area contributed by atoms with Crippen molar-refractivity contribution in [3.8, 4) is 118 Å². The Bertz CT molecular complexity index is 8760. The highest BCUT2D eigenvalue weighted by Gasteiger charge is 2.23. The zero-order valence-electron chi connectivity index (χ0n) is 71.1. The lowest BCUT2D eigenvalue weighted by Gasteiger charge is -2.19. The minimum Gasteiger partial charge on any atom is -0.292 e. The van der Waals surface area contributed by atoms with Gasteiger partial charge in [0.05, 0.1) is 44.7 Å². The molecule has 0 spiro atoms. The molecule has 0 unspecified atom stereocenters. The summed E-state index contributed by atoms with van der Waals surface area (Å²) in [6.07, 6.45) is 0. The van der Waals surface area contributed by atoms with Crippen LogP contribution in [0.2, 0.25) is 0 Å². The lowest BCUT2D eigenvalue weighted by molar-refractivity contribution is 1.07. The van der Waals surface area contributed by atoms with Gasteiger partial charge in [0.15, 0.2) is 17.5 Å². The SMILES string of the molecule is c1cc(-c2ccc3ccc4ccccc4c3n2)cc(-c2ccc3ccc4ccccc4c3n2)c1.c1ccc(-c2nc(-c3ccccc3)nc(-c3ccc(-c4nc5ccccc5c5c4ccc4ccccc45)cc3)n2)cc1.c1ccc(-n2c(-c3ccc(-c4ccc5c(-c6ccc7ccccc7c6)c6ccccc6c(-c6ccc7ccccc7c6)c5c4)cc3)nc3ccccc32)cc1. The molecule has 26 aromatic rings. The van der Waals surface area contributed by atoms with Crippen LogP contribution in [0.5, 0.6) is 0 Å². The Kier molecular flexibility index (Phi) is 19.4. The van der Waals surface area contributed by atoms with Gasteiger partial charge in [-0.1, -0.05) is 406 Å². The molecule has 5 aromatic heterocycles. The van der Waals surface area contributed by atoms with Crippen molar-refractivity contribution in [1.82, 2.24) is 39.5 Å². The molecular weight excluding hydrogens is 1590 g/mol. The third-order valence-corrected chi connectivity index (χ3v) is 25.5. The number of fused-ring (bicyclic) bond motifs is 16. The highest BCUT2D eigenvalue weighted by Crippen LogP contribution is 2.48. The van der Waals surface area contributed by atoms with E-state index in [1.54, 1.807) is 0 Å². The number of pyridine rings is 3. The summed E-state index contributed by atoms with van der Waals surface area (Å²) >= 11 is 0. The van der Waals surface area contributed by atoms with Crippen LogP contribution in [0.3, 0.4) is 0 Å². The fourth-order valence-electron chi connectivity index (χ4n) is 19.1. The zero-order chi connectivity index (χ0) is 86.7. The topological polar surface area (TPSA) is 95.2 Å². The van der Waals surface area contributed by atoms with Crippen LogP contribution in [0.4, 0.5) is 0 Å². The summed E-state index contributed by atoms with van der Waals surface area (Å²) in [6, 6.07) is 167. The number of aromatic nitrogens is 8. The van der Waals surface area contributed by atoms with Crippen LogP contribution in [0.15, 0.2) is 473 Å². The van der Waals surface area contributed by atoms with E-state index in [0.29, 0.717) is 17.5 Å². The number of rotatable bonds is 11. The van der Waals surface area contributed by atoms with E-state index < -0.39 is 0 Å². The van der Waals surface area contributed by atoms with Crippen molar-refractivity contribution in [2.75, 3.05) is 0 Å². The van der Waals surface area contributed by atoms with E-state index in [9.17, 15) is 0 Å². The Morgan fingerprint density at radius 1 is 0.168 bits per heavy atom. The maximum Gasteiger partial charge on any atom is 0.164 e. The monoisotopic (exact) mass is 1670 g/mol. The van der Waals surface area contributed by atoms with Crippen molar-refractivity contribution < 1.29 is 0 Å². The molecule has 0 N–H and O–H groups in total. The van der Waals surface area contributed by atoms with Gasteiger partial charge in [-0.05, 0) is 165 Å². The molecule has 8 heteroatoms. The molecule has 0 atom stereocenters. The van der Waals surface area contributed by atoms with Gasteiger partial charge in [-0.3, -0.25) is 4.57 Å². The molecule has 0 amide bonds. The minimum absolute atomic E-state index is 0.636. The molecule has 0 bridgehead atoms. The fraction of sp³-hybridized carbons (Fsp3) is 0. The average Bonchev–Trinajstić information content (AvgIpc) is 1.09. The van der Waals surface area contributed by atoms with Gasteiger partial charge >= 0.3 is 0 Å². The standard InChI is InChI=1S/C53H34N2.C38H24N4.C32H20N2/c1-2-16-44(17-3-1)55-50-21-11-10-20-49(50)54-53(55)38-26-22-37(23-27-38)41-30-31-47-48(34-41)52(43-29-25-36-13-5-7-15-40(36)33-43)46-19-9-8-18-45(46)51(47)42-28-24-35-12-4-6-14-39(35)32-42;1-3-12-27(13-4-1)36-40-37(28-14-5-2-6-15-28)42-38(41-36)29-21-19-26(20-22-29)35-32-24-23-25-11-7-8-16-30(25)34(32)31-17-9-10-18-33(31)39-35;1-3-10-27-21(6-1)12-14-23-16-18-29(33-31(23)27)25-8-5-9-26(20-25)30-19-17-24-15-13-22-7-2-4-11-28(22)32(24)34-30/h1-34H;1-24H;1-20H. The molecule has 21 aromatic carbocycles. The van der Waals surface area contributed by atoms with Crippen LogP contribution >= 0.6 is 0 Å². The van der Waals surface area contributed by atoms with Crippen molar-refractivity contribution in [1.29, 1.82) is 0 Å². The van der Waals surface area contributed by atoms with E-state index in [-0.39, 0.29) is 0 Å². The van der Waals surface area contributed by atoms with Crippen LogP contribution in [0.25, 0.3) is 248 Å². The lowest BCUT2D eigenvalue weighted by Crippen LogP contribution is -2.00. The van der Waals surface area contributed by atoms with Gasteiger partial charge in [0.1, 0.15) is 5.82 Å². The van der Waals surface area contributed by atoms with Crippen molar-refractivity contribution in [3.63, 3.8) is 0 Å². The molecule has 0 aliphatic rings. The van der Waals surface area contributed by atoms with Gasteiger partial charge in [0.25, 0.3) is 0 Å². The van der Waals surface area contributed by atoms with Gasteiger partial charge in [-0.2, -0.15) is 0 Å². The Hall–Kier alpha value is -17.6. The van der Waals surface area contributed by atoms with E-state index in [1.807, 2.05) is 60.7 Å². The molecule has 610 valence electrons. The summed E-state index contributed by atoms with van der Waals surface area (Å²) in [4.78, 5) is 35.0. The molecule has 131 heavy (non-hydrogen) atoms. The number of hydrogen-bond donors (Lipinski definition) is 0. The van der Waals surface area contributed by atoms with Gasteiger partial charge < -0.3 is 0 Å². The quantitative estimate of drug-likeness (QED) is 0.0940. The third-order valence-electron chi connectivity index (χ3n) is 25.5. The third kappa shape index (κ3) is 14.4. The van der Waals surface area contributed by atoms with Crippen molar-refractivity contribution in [3.05, 3.63) is 473 Å². The highest BCUT2D eigenvalue weighted by molar-refractivity contribution is 6.24. The van der Waals surface area contributed by atoms with Crippen molar-refractivity contribution in [2.45, 2.75) is 0 Å². The van der Waals surface area contributed by atoms with Crippen LogP contribution in [-0.2, 0) is 0 Å². The molecule has 0 radical (unpaired) electrons. The Morgan fingerprint density at radius 3 is 1.11 bits per heavy atom. The number of imidazole rings is 1. The predicted molar refractivity (Wildman–Crippen MR) is 548 cm³/mol. The van der Waals surface area contributed by atoms with Gasteiger partial charge in [0, 0.05) is 82.3 Å². The number of nitrogens with zero attached hydrogens (tertiary/aromatic N) is 8. The molecule has 0 saturated heterocycles. The molecule has 26 rings (SSSR count). The first-order chi connectivity index (χ1) is 64.9. The highest BCUT2D eigenvalue weighted by atomic mass is 15.1. The first-order valence-electron chi connectivity index (χ1n) is 44.4. The summed E-state index contributed by atoms with van der Waals surface area (Å²) in [7, 11) is 0. The number of para-hydroxylation sites is 4. The molecular formula is C123H78N8. The largest absolute Gasteiger partial charge is 0.292 e. The maximum absolute atomic E-state index is 5.15. The summed E-state index contributed by atoms with van der Waals surface area (Å²) in [6.45, 7) is 0. The summed E-state index contributed by atoms with van der Waals surface area (Å²) in [5.74, 6) is 2.87. The minimum atomic E-state index is 0.636. The fourth-order valence-corrected chi connectivity index (χ4v) is 19.1. The molecule has 0 saturated carbocycles.